The Hall–Kier alpha value is -2.70. The van der Waals surface area contributed by atoms with Crippen molar-refractivity contribution >= 4 is 5.97 Å². The molecule has 7 heteroatoms. The fourth-order valence-electron chi connectivity index (χ4n) is 1.98. The summed E-state index contributed by atoms with van der Waals surface area (Å²) < 4.78 is 20.0. The molecule has 6 nitrogen and oxygen atoms in total. The molecule has 108 valence electrons. The van der Waals surface area contributed by atoms with E-state index in [0.29, 0.717) is 0 Å². The standard InChI is InChI=1S/C14H11FN2O4/c15-8-1-4-10(14(19)20)11(7-8)21-12-13(18)17(6-5-16-12)9-2-3-9/h1,4-7,9H,2-3H2,(H,19,20). The molecule has 1 fully saturated rings. The smallest absolute Gasteiger partial charge is 0.339 e. The Morgan fingerprint density at radius 1 is 1.43 bits per heavy atom. The van der Waals surface area contributed by atoms with E-state index in [2.05, 4.69) is 4.98 Å². The van der Waals surface area contributed by atoms with Crippen molar-refractivity contribution in [2.75, 3.05) is 0 Å². The van der Waals surface area contributed by atoms with Crippen LogP contribution in [0.25, 0.3) is 0 Å². The van der Waals surface area contributed by atoms with Crippen molar-refractivity contribution in [3.05, 3.63) is 52.3 Å². The first-order valence-corrected chi connectivity index (χ1v) is 6.34. The normalized spacial score (nSPS) is 14.0. The summed E-state index contributed by atoms with van der Waals surface area (Å²) in [7, 11) is 0. The number of carboxylic acid groups (broad SMARTS) is 1. The Labute approximate surface area is 118 Å². The Morgan fingerprint density at radius 3 is 2.86 bits per heavy atom. The molecule has 21 heavy (non-hydrogen) atoms. The van der Waals surface area contributed by atoms with Gasteiger partial charge in [-0.15, -0.1) is 0 Å². The number of aromatic carboxylic acids is 1. The van der Waals surface area contributed by atoms with E-state index in [1.165, 1.54) is 10.8 Å². The monoisotopic (exact) mass is 290 g/mol. The first-order valence-electron chi connectivity index (χ1n) is 6.34. The number of halogens is 1. The van der Waals surface area contributed by atoms with Gasteiger partial charge in [0, 0.05) is 24.5 Å². The van der Waals surface area contributed by atoms with Gasteiger partial charge in [0.1, 0.15) is 17.1 Å². The predicted molar refractivity (Wildman–Crippen MR) is 70.2 cm³/mol. The molecule has 0 spiro atoms. The van der Waals surface area contributed by atoms with Gasteiger partial charge in [-0.2, -0.15) is 0 Å². The van der Waals surface area contributed by atoms with Crippen molar-refractivity contribution in [3.63, 3.8) is 0 Å². The van der Waals surface area contributed by atoms with Gasteiger partial charge in [-0.3, -0.25) is 4.79 Å². The maximum atomic E-state index is 13.3. The molecule has 0 saturated heterocycles. The SMILES string of the molecule is O=C(O)c1ccc(F)cc1Oc1nccn(C2CC2)c1=O. The maximum absolute atomic E-state index is 13.3. The molecule has 0 radical (unpaired) electrons. The highest BCUT2D eigenvalue weighted by molar-refractivity contribution is 5.90. The van der Waals surface area contributed by atoms with Crippen molar-refractivity contribution in [1.82, 2.24) is 9.55 Å². The molecule has 1 saturated carbocycles. The molecule has 0 atom stereocenters. The van der Waals surface area contributed by atoms with Crippen LogP contribution >= 0.6 is 0 Å². The topological polar surface area (TPSA) is 81.4 Å². The summed E-state index contributed by atoms with van der Waals surface area (Å²) in [6.07, 6.45) is 4.76. The summed E-state index contributed by atoms with van der Waals surface area (Å²) in [6.45, 7) is 0. The van der Waals surface area contributed by atoms with Gasteiger partial charge in [-0.1, -0.05) is 0 Å². The van der Waals surface area contributed by atoms with E-state index in [4.69, 9.17) is 9.84 Å². The number of hydrogen-bond acceptors (Lipinski definition) is 4. The van der Waals surface area contributed by atoms with Crippen LogP contribution in [-0.2, 0) is 0 Å². The number of rotatable bonds is 4. The third-order valence-corrected chi connectivity index (χ3v) is 3.16. The van der Waals surface area contributed by atoms with Crippen molar-refractivity contribution in [3.8, 4) is 11.6 Å². The molecule has 1 aliphatic carbocycles. The van der Waals surface area contributed by atoms with Gasteiger partial charge in [0.15, 0.2) is 0 Å². The van der Waals surface area contributed by atoms with Crippen LogP contribution in [0.2, 0.25) is 0 Å². The van der Waals surface area contributed by atoms with Gasteiger partial charge < -0.3 is 14.4 Å². The second-order valence-corrected chi connectivity index (χ2v) is 4.72. The first kappa shape index (κ1) is 13.3. The minimum Gasteiger partial charge on any atom is -0.478 e. The number of ether oxygens (including phenoxy) is 1. The van der Waals surface area contributed by atoms with E-state index >= 15 is 0 Å². The minimum absolute atomic E-state index is 0.134. The summed E-state index contributed by atoms with van der Waals surface area (Å²) in [6, 6.07) is 3.14. The number of benzene rings is 1. The zero-order chi connectivity index (χ0) is 15.0. The number of carboxylic acids is 1. The van der Waals surface area contributed by atoms with E-state index in [0.717, 1.165) is 31.0 Å². The molecule has 0 unspecified atom stereocenters. The molecule has 1 N–H and O–H groups in total. The zero-order valence-electron chi connectivity index (χ0n) is 10.8. The number of nitrogens with zero attached hydrogens (tertiary/aromatic N) is 2. The van der Waals surface area contributed by atoms with Gasteiger partial charge in [-0.25, -0.2) is 14.2 Å². The van der Waals surface area contributed by atoms with E-state index in [9.17, 15) is 14.0 Å². The fraction of sp³-hybridized carbons (Fsp3) is 0.214. The maximum Gasteiger partial charge on any atom is 0.339 e. The quantitative estimate of drug-likeness (QED) is 0.933. The lowest BCUT2D eigenvalue weighted by Crippen LogP contribution is -2.21. The van der Waals surface area contributed by atoms with Crippen molar-refractivity contribution in [2.24, 2.45) is 0 Å². The largest absolute Gasteiger partial charge is 0.478 e. The van der Waals surface area contributed by atoms with Gasteiger partial charge >= 0.3 is 11.5 Å². The first-order chi connectivity index (χ1) is 10.1. The van der Waals surface area contributed by atoms with Crippen molar-refractivity contribution in [1.29, 1.82) is 0 Å². The molecule has 0 bridgehead atoms. The Bertz CT molecular complexity index is 768. The van der Waals surface area contributed by atoms with Gasteiger partial charge in [0.2, 0.25) is 0 Å². The highest BCUT2D eigenvalue weighted by Crippen LogP contribution is 2.33. The lowest BCUT2D eigenvalue weighted by atomic mass is 10.2. The Morgan fingerprint density at radius 2 is 2.19 bits per heavy atom. The average molecular weight is 290 g/mol. The molecule has 0 amide bonds. The predicted octanol–water partition coefficient (Wildman–Crippen LogP) is 2.21. The third-order valence-electron chi connectivity index (χ3n) is 3.16. The van der Waals surface area contributed by atoms with Crippen LogP contribution in [-0.4, -0.2) is 20.6 Å². The molecule has 1 aromatic heterocycles. The molecule has 3 rings (SSSR count). The van der Waals surface area contributed by atoms with E-state index < -0.39 is 17.3 Å². The van der Waals surface area contributed by atoms with Crippen LogP contribution in [0.5, 0.6) is 11.6 Å². The van der Waals surface area contributed by atoms with Crippen LogP contribution in [0.15, 0.2) is 35.4 Å². The summed E-state index contributed by atoms with van der Waals surface area (Å²) in [4.78, 5) is 27.0. The van der Waals surface area contributed by atoms with E-state index in [1.54, 1.807) is 6.20 Å². The van der Waals surface area contributed by atoms with Gasteiger partial charge in [0.05, 0.1) is 0 Å². The van der Waals surface area contributed by atoms with Crippen LogP contribution in [0.1, 0.15) is 29.2 Å². The highest BCUT2D eigenvalue weighted by atomic mass is 19.1. The van der Waals surface area contributed by atoms with Crippen LogP contribution < -0.4 is 10.3 Å². The second-order valence-electron chi connectivity index (χ2n) is 4.72. The summed E-state index contributed by atoms with van der Waals surface area (Å²) in [5.74, 6) is -2.45. The minimum atomic E-state index is -1.27. The van der Waals surface area contributed by atoms with E-state index in [1.807, 2.05) is 0 Å². The van der Waals surface area contributed by atoms with E-state index in [-0.39, 0.29) is 23.2 Å². The molecule has 0 aliphatic heterocycles. The van der Waals surface area contributed by atoms with Crippen molar-refractivity contribution in [2.45, 2.75) is 18.9 Å². The lowest BCUT2D eigenvalue weighted by molar-refractivity contribution is 0.0694. The van der Waals surface area contributed by atoms with Gasteiger partial charge in [-0.05, 0) is 25.0 Å². The Kier molecular flexibility index (Phi) is 3.17. The number of aromatic nitrogens is 2. The third kappa shape index (κ3) is 2.62. The average Bonchev–Trinajstić information content (AvgIpc) is 3.25. The van der Waals surface area contributed by atoms with Crippen molar-refractivity contribution < 1.29 is 19.0 Å². The summed E-state index contributed by atoms with van der Waals surface area (Å²) >= 11 is 0. The Balaban J connectivity index is 2.01. The summed E-state index contributed by atoms with van der Waals surface area (Å²) in [5.41, 5.74) is -0.694. The molecule has 1 heterocycles. The fourth-order valence-corrected chi connectivity index (χ4v) is 1.98. The second kappa shape index (κ2) is 5.01. The summed E-state index contributed by atoms with van der Waals surface area (Å²) in [5, 5.41) is 9.05. The molecule has 1 aliphatic rings. The van der Waals surface area contributed by atoms with Crippen LogP contribution in [0.4, 0.5) is 4.39 Å². The number of hydrogen-bond donors (Lipinski definition) is 1. The molecule has 2 aromatic rings. The van der Waals surface area contributed by atoms with Crippen LogP contribution in [0, 0.1) is 5.82 Å². The lowest BCUT2D eigenvalue weighted by Gasteiger charge is -2.09. The van der Waals surface area contributed by atoms with Gasteiger partial charge in [0.25, 0.3) is 5.88 Å². The van der Waals surface area contributed by atoms with Crippen LogP contribution in [0.3, 0.4) is 0 Å². The molecular weight excluding hydrogens is 279 g/mol. The molecular formula is C14H11FN2O4. The zero-order valence-corrected chi connectivity index (χ0v) is 10.8. The highest BCUT2D eigenvalue weighted by Gasteiger charge is 2.26. The molecule has 1 aromatic carbocycles. The number of carbonyl (C=O) groups is 1.